The summed E-state index contributed by atoms with van der Waals surface area (Å²) in [5.41, 5.74) is 0.783. The Balaban J connectivity index is 1.92. The Morgan fingerprint density at radius 1 is 0.960 bits per heavy atom. The third-order valence-corrected chi connectivity index (χ3v) is 3.72. The highest BCUT2D eigenvalue weighted by Crippen LogP contribution is 2.24. The molecule has 0 atom stereocenters. The van der Waals surface area contributed by atoms with E-state index in [1.54, 1.807) is 6.07 Å². The number of hydrogen-bond acceptors (Lipinski definition) is 5. The van der Waals surface area contributed by atoms with Crippen molar-refractivity contribution in [3.63, 3.8) is 0 Å². The van der Waals surface area contributed by atoms with Crippen LogP contribution in [0, 0.1) is 0 Å². The molecule has 25 heavy (non-hydrogen) atoms. The van der Waals surface area contributed by atoms with Gasteiger partial charge in [-0.25, -0.2) is 9.59 Å². The molecule has 2 aromatic rings. The molecule has 0 saturated carbocycles. The van der Waals surface area contributed by atoms with Gasteiger partial charge in [-0.3, -0.25) is 4.79 Å². The fourth-order valence-electron chi connectivity index (χ4n) is 1.90. The molecule has 0 unspecified atom stereocenters. The van der Waals surface area contributed by atoms with Crippen LogP contribution in [-0.2, 0) is 14.3 Å². The predicted molar refractivity (Wildman–Crippen MR) is 93.2 cm³/mol. The maximum atomic E-state index is 12.0. The van der Waals surface area contributed by atoms with E-state index in [2.05, 4.69) is 10.1 Å². The SMILES string of the molecule is COC(=O)c1ccc(NC(=O)COC(=O)c2c(Cl)cccc2Cl)cc1. The molecule has 6 nitrogen and oxygen atoms in total. The summed E-state index contributed by atoms with van der Waals surface area (Å²) in [5.74, 6) is -1.84. The number of halogens is 2. The van der Waals surface area contributed by atoms with Crippen molar-refractivity contribution in [3.05, 3.63) is 63.6 Å². The van der Waals surface area contributed by atoms with Crippen LogP contribution in [0.5, 0.6) is 0 Å². The van der Waals surface area contributed by atoms with Crippen molar-refractivity contribution < 1.29 is 23.9 Å². The molecule has 8 heteroatoms. The Labute approximate surface area is 153 Å². The summed E-state index contributed by atoms with van der Waals surface area (Å²) >= 11 is 11.8. The Bertz CT molecular complexity index is 785. The average Bonchev–Trinajstić information content (AvgIpc) is 2.60. The maximum absolute atomic E-state index is 12.0. The Morgan fingerprint density at radius 2 is 1.56 bits per heavy atom. The Kier molecular flexibility index (Phi) is 6.38. The molecule has 0 bridgehead atoms. The van der Waals surface area contributed by atoms with Gasteiger partial charge in [-0.05, 0) is 36.4 Å². The van der Waals surface area contributed by atoms with E-state index >= 15 is 0 Å². The molecule has 0 fully saturated rings. The zero-order chi connectivity index (χ0) is 18.4. The van der Waals surface area contributed by atoms with Crippen molar-refractivity contribution >= 4 is 46.7 Å². The second kappa shape index (κ2) is 8.50. The third kappa shape index (κ3) is 4.95. The minimum atomic E-state index is -0.799. The molecule has 2 aromatic carbocycles. The number of benzene rings is 2. The molecule has 0 saturated heterocycles. The minimum absolute atomic E-state index is 0.000985. The van der Waals surface area contributed by atoms with Gasteiger partial charge in [0.15, 0.2) is 6.61 Å². The molecular formula is C17H13Cl2NO5. The summed E-state index contributed by atoms with van der Waals surface area (Å²) in [6, 6.07) is 10.6. The van der Waals surface area contributed by atoms with Gasteiger partial charge in [-0.2, -0.15) is 0 Å². The van der Waals surface area contributed by atoms with Gasteiger partial charge < -0.3 is 14.8 Å². The van der Waals surface area contributed by atoms with E-state index in [9.17, 15) is 14.4 Å². The highest BCUT2D eigenvalue weighted by atomic mass is 35.5. The van der Waals surface area contributed by atoms with Gasteiger partial charge in [0.1, 0.15) is 0 Å². The first-order valence-electron chi connectivity index (χ1n) is 7.01. The lowest BCUT2D eigenvalue weighted by Crippen LogP contribution is -2.21. The van der Waals surface area contributed by atoms with Crippen LogP contribution in [0.1, 0.15) is 20.7 Å². The summed E-state index contributed by atoms with van der Waals surface area (Å²) in [6.07, 6.45) is 0. The first kappa shape index (κ1) is 18.8. The largest absolute Gasteiger partial charge is 0.465 e. The van der Waals surface area contributed by atoms with E-state index in [4.69, 9.17) is 27.9 Å². The first-order chi connectivity index (χ1) is 11.9. The van der Waals surface area contributed by atoms with E-state index in [0.29, 0.717) is 11.3 Å². The second-order valence-electron chi connectivity index (χ2n) is 4.79. The molecule has 1 N–H and O–H groups in total. The molecule has 0 aliphatic rings. The van der Waals surface area contributed by atoms with Crippen LogP contribution >= 0.6 is 23.2 Å². The summed E-state index contributed by atoms with van der Waals surface area (Å²) in [7, 11) is 1.28. The van der Waals surface area contributed by atoms with E-state index in [1.807, 2.05) is 0 Å². The summed E-state index contributed by atoms with van der Waals surface area (Å²) in [4.78, 5) is 35.1. The van der Waals surface area contributed by atoms with Gasteiger partial charge in [-0.1, -0.05) is 29.3 Å². The summed E-state index contributed by atoms with van der Waals surface area (Å²) in [5, 5.41) is 2.80. The van der Waals surface area contributed by atoms with E-state index in [0.717, 1.165) is 0 Å². The fraction of sp³-hybridized carbons (Fsp3) is 0.118. The Hall–Kier alpha value is -2.57. The number of hydrogen-bond donors (Lipinski definition) is 1. The zero-order valence-electron chi connectivity index (χ0n) is 13.0. The van der Waals surface area contributed by atoms with Gasteiger partial charge in [0.25, 0.3) is 5.91 Å². The second-order valence-corrected chi connectivity index (χ2v) is 5.60. The molecule has 0 spiro atoms. The van der Waals surface area contributed by atoms with E-state index in [1.165, 1.54) is 43.5 Å². The molecular weight excluding hydrogens is 369 g/mol. The number of anilines is 1. The fourth-order valence-corrected chi connectivity index (χ4v) is 2.45. The zero-order valence-corrected chi connectivity index (χ0v) is 14.6. The lowest BCUT2D eigenvalue weighted by molar-refractivity contribution is -0.119. The van der Waals surface area contributed by atoms with E-state index in [-0.39, 0.29) is 15.6 Å². The summed E-state index contributed by atoms with van der Waals surface area (Å²) < 4.78 is 9.49. The molecule has 0 heterocycles. The van der Waals surface area contributed by atoms with Crippen LogP contribution in [0.15, 0.2) is 42.5 Å². The van der Waals surface area contributed by atoms with Crippen LogP contribution in [0.4, 0.5) is 5.69 Å². The molecule has 0 aliphatic heterocycles. The van der Waals surface area contributed by atoms with Crippen LogP contribution in [0.3, 0.4) is 0 Å². The molecule has 0 aromatic heterocycles. The van der Waals surface area contributed by atoms with Gasteiger partial charge in [0.2, 0.25) is 0 Å². The van der Waals surface area contributed by atoms with Crippen LogP contribution < -0.4 is 5.32 Å². The van der Waals surface area contributed by atoms with Crippen molar-refractivity contribution in [3.8, 4) is 0 Å². The topological polar surface area (TPSA) is 81.7 Å². The number of ether oxygens (including phenoxy) is 2. The number of nitrogens with one attached hydrogen (secondary N) is 1. The normalized spacial score (nSPS) is 10.0. The number of amides is 1. The van der Waals surface area contributed by atoms with E-state index < -0.39 is 24.5 Å². The van der Waals surface area contributed by atoms with Gasteiger partial charge in [0, 0.05) is 5.69 Å². The number of carbonyl (C=O) groups excluding carboxylic acids is 3. The number of esters is 2. The molecule has 1 amide bonds. The quantitative estimate of drug-likeness (QED) is 0.800. The Morgan fingerprint density at radius 3 is 2.12 bits per heavy atom. The smallest absolute Gasteiger partial charge is 0.341 e. The highest BCUT2D eigenvalue weighted by Gasteiger charge is 2.17. The monoisotopic (exact) mass is 381 g/mol. The van der Waals surface area contributed by atoms with Crippen LogP contribution in [0.2, 0.25) is 10.0 Å². The van der Waals surface area contributed by atoms with Gasteiger partial charge in [0.05, 0.1) is 28.3 Å². The average molecular weight is 382 g/mol. The minimum Gasteiger partial charge on any atom is -0.465 e. The van der Waals surface area contributed by atoms with Gasteiger partial charge >= 0.3 is 11.9 Å². The van der Waals surface area contributed by atoms with Crippen molar-refractivity contribution in [2.75, 3.05) is 19.0 Å². The van der Waals surface area contributed by atoms with Crippen LogP contribution in [-0.4, -0.2) is 31.6 Å². The standard InChI is InChI=1S/C17H13Cl2NO5/c1-24-16(22)10-5-7-11(8-6-10)20-14(21)9-25-17(23)15-12(18)3-2-4-13(15)19/h2-8H,9H2,1H3,(H,20,21). The highest BCUT2D eigenvalue weighted by molar-refractivity contribution is 6.39. The first-order valence-corrected chi connectivity index (χ1v) is 7.77. The summed E-state index contributed by atoms with van der Waals surface area (Å²) in [6.45, 7) is -0.515. The van der Waals surface area contributed by atoms with Gasteiger partial charge in [-0.15, -0.1) is 0 Å². The molecule has 0 radical (unpaired) electrons. The number of carbonyl (C=O) groups is 3. The lowest BCUT2D eigenvalue weighted by atomic mass is 10.2. The van der Waals surface area contributed by atoms with Crippen molar-refractivity contribution in [2.45, 2.75) is 0 Å². The number of rotatable bonds is 5. The van der Waals surface area contributed by atoms with Crippen molar-refractivity contribution in [1.29, 1.82) is 0 Å². The number of methoxy groups -OCH3 is 1. The maximum Gasteiger partial charge on any atom is 0.341 e. The third-order valence-electron chi connectivity index (χ3n) is 3.09. The molecule has 2 rings (SSSR count). The van der Waals surface area contributed by atoms with Crippen molar-refractivity contribution in [1.82, 2.24) is 0 Å². The molecule has 130 valence electrons. The lowest BCUT2D eigenvalue weighted by Gasteiger charge is -2.09. The van der Waals surface area contributed by atoms with Crippen LogP contribution in [0.25, 0.3) is 0 Å². The predicted octanol–water partition coefficient (Wildman–Crippen LogP) is 3.58. The van der Waals surface area contributed by atoms with Crippen molar-refractivity contribution in [2.24, 2.45) is 0 Å². The molecule has 0 aliphatic carbocycles.